The molecule has 0 bridgehead atoms. The van der Waals surface area contributed by atoms with E-state index in [1.54, 1.807) is 19.9 Å². The average Bonchev–Trinajstić information content (AvgIpc) is 3.25. The van der Waals surface area contributed by atoms with Gasteiger partial charge in [0.15, 0.2) is 18.7 Å². The number of aliphatic hydroxyl groups excluding tert-OH is 8. The highest BCUT2D eigenvalue weighted by molar-refractivity contribution is 5.87. The van der Waals surface area contributed by atoms with Crippen molar-refractivity contribution < 1.29 is 88.8 Å². The van der Waals surface area contributed by atoms with Gasteiger partial charge in [-0.1, -0.05) is 66.2 Å². The third kappa shape index (κ3) is 7.77. The fraction of sp³-hybridized carbons (Fsp3) is 0.857. The zero-order valence-corrected chi connectivity index (χ0v) is 40.7. The minimum absolute atomic E-state index is 0.0472. The molecule has 18 heteroatoms. The Labute approximate surface area is 392 Å². The lowest BCUT2D eigenvalue weighted by Crippen LogP contribution is -2.77. The highest BCUT2D eigenvalue weighted by Gasteiger charge is 2.77. The number of hydrogen-bond acceptors (Lipinski definition) is 17. The van der Waals surface area contributed by atoms with E-state index in [9.17, 15) is 60.3 Å². The maximum atomic E-state index is 13.5. The summed E-state index contributed by atoms with van der Waals surface area (Å²) in [7, 11) is 0. The Balaban J connectivity index is 1.24. The molecule has 67 heavy (non-hydrogen) atoms. The summed E-state index contributed by atoms with van der Waals surface area (Å²) in [4.78, 5) is 39.0. The minimum Gasteiger partial charge on any atom is -0.479 e. The molecule has 0 amide bonds. The lowest BCUT2D eigenvalue weighted by Gasteiger charge is -2.73. The Morgan fingerprint density at radius 3 is 2.01 bits per heavy atom. The molecule has 0 radical (unpaired) electrons. The molecule has 2 aliphatic heterocycles. The first-order valence-electron chi connectivity index (χ1n) is 24.0. The molecule has 7 aliphatic rings. The number of ether oxygens (including phenoxy) is 6. The van der Waals surface area contributed by atoms with Crippen LogP contribution in [0.1, 0.15) is 115 Å². The molecule has 2 heterocycles. The van der Waals surface area contributed by atoms with Crippen LogP contribution >= 0.6 is 0 Å². The summed E-state index contributed by atoms with van der Waals surface area (Å²) in [6, 6.07) is 0. The summed E-state index contributed by atoms with van der Waals surface area (Å²) in [5.41, 5.74) is -4.06. The van der Waals surface area contributed by atoms with E-state index in [2.05, 4.69) is 33.8 Å². The number of allylic oxidation sites excluding steroid dienone is 2. The van der Waals surface area contributed by atoms with E-state index < -0.39 is 155 Å². The smallest absolute Gasteiger partial charge is 0.335 e. The number of carboxylic acid groups (broad SMARTS) is 1. The third-order valence-electron chi connectivity index (χ3n) is 18.9. The maximum absolute atomic E-state index is 13.5. The summed E-state index contributed by atoms with van der Waals surface area (Å²) in [6.45, 7) is 19.7. The van der Waals surface area contributed by atoms with Gasteiger partial charge in [0.2, 0.25) is 0 Å². The van der Waals surface area contributed by atoms with Gasteiger partial charge in [0.1, 0.15) is 54.9 Å². The Kier molecular flexibility index (Phi) is 14.0. The predicted molar refractivity (Wildman–Crippen MR) is 235 cm³/mol. The standard InChI is InChI=1S/C49H76O18/c1-12-21(2)41(61)67-38-36(57)44(5,6)19-25-24-13-14-27-46(9)17-16-28(45(7,8)26(46)15-18-47(27,10)48(24,11)37(58)39(63-23(4)51)49(25,38)20-50)64-43-35(32(55)31(54)34(65-43)40(59)60)66-42-33(56)30(53)29(52)22(3)62-42/h12-13,22,25-39,42-43,50,52-58H,14-20H2,1-11H3,(H,59,60). The number of carboxylic acids is 1. The van der Waals surface area contributed by atoms with Crippen LogP contribution in [0.3, 0.4) is 0 Å². The van der Waals surface area contributed by atoms with Gasteiger partial charge >= 0.3 is 17.9 Å². The second-order valence-corrected chi connectivity index (χ2v) is 22.9. The van der Waals surface area contributed by atoms with E-state index in [1.165, 1.54) is 13.8 Å². The zero-order valence-electron chi connectivity index (χ0n) is 40.7. The van der Waals surface area contributed by atoms with E-state index >= 15 is 0 Å². The summed E-state index contributed by atoms with van der Waals surface area (Å²) >= 11 is 0. The summed E-state index contributed by atoms with van der Waals surface area (Å²) < 4.78 is 36.5. The zero-order chi connectivity index (χ0) is 49.9. The molecule has 18 nitrogen and oxygen atoms in total. The quantitative estimate of drug-likeness (QED) is 0.0690. The molecule has 6 fully saturated rings. The van der Waals surface area contributed by atoms with E-state index in [1.807, 2.05) is 20.8 Å². The van der Waals surface area contributed by atoms with Gasteiger partial charge in [-0.15, -0.1) is 0 Å². The highest BCUT2D eigenvalue weighted by atomic mass is 16.8. The van der Waals surface area contributed by atoms with E-state index in [0.29, 0.717) is 38.5 Å². The van der Waals surface area contributed by atoms with E-state index in [-0.39, 0.29) is 17.4 Å². The van der Waals surface area contributed by atoms with Crippen molar-refractivity contribution in [3.63, 3.8) is 0 Å². The summed E-state index contributed by atoms with van der Waals surface area (Å²) in [6.07, 6.45) is -15.6. The van der Waals surface area contributed by atoms with Crippen molar-refractivity contribution in [1.29, 1.82) is 0 Å². The van der Waals surface area contributed by atoms with Gasteiger partial charge < -0.3 is 74.4 Å². The molecule has 2 saturated heterocycles. The van der Waals surface area contributed by atoms with Gasteiger partial charge in [0, 0.05) is 17.9 Å². The number of fused-ring (bicyclic) bond motifs is 7. The lowest BCUT2D eigenvalue weighted by atomic mass is 9.32. The van der Waals surface area contributed by atoms with Crippen molar-refractivity contribution in [2.75, 3.05) is 6.61 Å². The monoisotopic (exact) mass is 953 g/mol. The Bertz CT molecular complexity index is 1970. The van der Waals surface area contributed by atoms with Gasteiger partial charge in [-0.25, -0.2) is 9.59 Å². The van der Waals surface area contributed by atoms with Crippen molar-refractivity contribution >= 4 is 17.9 Å². The minimum atomic E-state index is -1.97. The second kappa shape index (κ2) is 17.9. The first kappa shape index (κ1) is 52.2. The number of aliphatic hydroxyl groups is 8. The number of esters is 2. The first-order chi connectivity index (χ1) is 31.0. The van der Waals surface area contributed by atoms with Gasteiger partial charge in [0.05, 0.1) is 30.3 Å². The molecule has 380 valence electrons. The maximum Gasteiger partial charge on any atom is 0.335 e. The molecular formula is C49H76O18. The van der Waals surface area contributed by atoms with Crippen molar-refractivity contribution in [1.82, 2.24) is 0 Å². The molecule has 0 spiro atoms. The molecular weight excluding hydrogens is 877 g/mol. The van der Waals surface area contributed by atoms with Crippen LogP contribution in [0.4, 0.5) is 0 Å². The number of rotatable bonds is 9. The Hall–Kier alpha value is -2.59. The molecule has 22 unspecified atom stereocenters. The van der Waals surface area contributed by atoms with Crippen LogP contribution in [-0.4, -0.2) is 162 Å². The largest absolute Gasteiger partial charge is 0.479 e. The average molecular weight is 953 g/mol. The van der Waals surface area contributed by atoms with E-state index in [0.717, 1.165) is 5.57 Å². The predicted octanol–water partition coefficient (Wildman–Crippen LogP) is 1.88. The molecule has 5 aliphatic carbocycles. The molecule has 7 rings (SSSR count). The molecule has 0 aromatic heterocycles. The third-order valence-corrected chi connectivity index (χ3v) is 18.9. The summed E-state index contributed by atoms with van der Waals surface area (Å²) in [5, 5.41) is 101. The first-order valence-corrected chi connectivity index (χ1v) is 24.0. The van der Waals surface area contributed by atoms with Gasteiger partial charge in [0.25, 0.3) is 0 Å². The normalized spacial score (nSPS) is 50.3. The second-order valence-electron chi connectivity index (χ2n) is 22.9. The van der Waals surface area contributed by atoms with Crippen molar-refractivity contribution in [2.24, 2.45) is 50.2 Å². The number of hydrogen-bond donors (Lipinski definition) is 9. The number of aliphatic carboxylic acids is 1. The SMILES string of the molecule is CC=C(C)C(=O)OC1C(O)C(C)(C)CC2C3=CCC4C5(C)CCC(OC6OC(C(=O)O)C(O)C(O)C6OC6OC(C)C(O)C(O)C6O)C(C)(C)C5CCC4(C)C3(C)C(O)C(OC(C)=O)C21CO. The molecule has 9 N–H and O–H groups in total. The van der Waals surface area contributed by atoms with Gasteiger partial charge in [-0.2, -0.15) is 0 Å². The summed E-state index contributed by atoms with van der Waals surface area (Å²) in [5.74, 6) is -3.65. The van der Waals surface area contributed by atoms with Crippen molar-refractivity contribution in [3.05, 3.63) is 23.3 Å². The Morgan fingerprint density at radius 1 is 0.776 bits per heavy atom. The molecule has 22 atom stereocenters. The van der Waals surface area contributed by atoms with Crippen LogP contribution in [0, 0.1) is 50.2 Å². The van der Waals surface area contributed by atoms with Crippen molar-refractivity contribution in [2.45, 2.75) is 207 Å². The van der Waals surface area contributed by atoms with Crippen LogP contribution in [0.15, 0.2) is 23.3 Å². The fourth-order valence-corrected chi connectivity index (χ4v) is 14.7. The van der Waals surface area contributed by atoms with Crippen LogP contribution in [0.5, 0.6) is 0 Å². The number of carbonyl (C=O) groups excluding carboxylic acids is 2. The van der Waals surface area contributed by atoms with Crippen LogP contribution in [-0.2, 0) is 42.8 Å². The fourth-order valence-electron chi connectivity index (χ4n) is 14.7. The van der Waals surface area contributed by atoms with Gasteiger partial charge in [-0.3, -0.25) is 4.79 Å². The van der Waals surface area contributed by atoms with Crippen LogP contribution in [0.2, 0.25) is 0 Å². The molecule has 0 aromatic rings. The van der Waals surface area contributed by atoms with Crippen LogP contribution in [0.25, 0.3) is 0 Å². The Morgan fingerprint density at radius 2 is 1.42 bits per heavy atom. The van der Waals surface area contributed by atoms with E-state index in [4.69, 9.17) is 28.4 Å². The highest BCUT2D eigenvalue weighted by Crippen LogP contribution is 2.76. The lowest BCUT2D eigenvalue weighted by molar-refractivity contribution is -0.372. The van der Waals surface area contributed by atoms with Crippen LogP contribution < -0.4 is 0 Å². The molecule has 0 aromatic carbocycles. The van der Waals surface area contributed by atoms with Gasteiger partial charge in [-0.05, 0) is 98.7 Å². The topological polar surface area (TPSA) is 289 Å². The molecule has 4 saturated carbocycles. The number of carbonyl (C=O) groups is 3. The van der Waals surface area contributed by atoms with Crippen molar-refractivity contribution in [3.8, 4) is 0 Å².